The standard InChI is InChI=1S/C12H19N3OS/c1-2-10(1)14-7-11-9-16-5-4-15(11)8-12-13-3-6-17-12/h3,6,10-11,14H,1-2,4-5,7-9H2. The SMILES string of the molecule is c1csc(CN2CCOCC2CNC2CC2)n1. The Labute approximate surface area is 106 Å². The lowest BCUT2D eigenvalue weighted by Gasteiger charge is -2.35. The quantitative estimate of drug-likeness (QED) is 0.852. The van der Waals surface area contributed by atoms with Gasteiger partial charge >= 0.3 is 0 Å². The van der Waals surface area contributed by atoms with E-state index in [2.05, 4.69) is 15.2 Å². The van der Waals surface area contributed by atoms with Gasteiger partial charge in [0.2, 0.25) is 0 Å². The van der Waals surface area contributed by atoms with Crippen LogP contribution < -0.4 is 5.32 Å². The number of nitrogens with one attached hydrogen (secondary N) is 1. The van der Waals surface area contributed by atoms with Crippen molar-refractivity contribution in [3.05, 3.63) is 16.6 Å². The van der Waals surface area contributed by atoms with Gasteiger partial charge in [0.25, 0.3) is 0 Å². The summed E-state index contributed by atoms with van der Waals surface area (Å²) in [6, 6.07) is 1.28. The summed E-state index contributed by atoms with van der Waals surface area (Å²) in [5.41, 5.74) is 0. The van der Waals surface area contributed by atoms with Crippen molar-refractivity contribution < 1.29 is 4.74 Å². The molecule has 1 aromatic heterocycles. The van der Waals surface area contributed by atoms with Crippen LogP contribution in [0.3, 0.4) is 0 Å². The molecule has 2 aliphatic rings. The van der Waals surface area contributed by atoms with E-state index >= 15 is 0 Å². The van der Waals surface area contributed by atoms with Gasteiger partial charge in [-0.3, -0.25) is 4.90 Å². The van der Waals surface area contributed by atoms with Gasteiger partial charge in [-0.15, -0.1) is 11.3 Å². The van der Waals surface area contributed by atoms with E-state index in [1.165, 1.54) is 17.8 Å². The zero-order valence-corrected chi connectivity index (χ0v) is 10.8. The molecule has 0 spiro atoms. The van der Waals surface area contributed by atoms with Crippen molar-refractivity contribution in [1.29, 1.82) is 0 Å². The Morgan fingerprint density at radius 1 is 1.53 bits per heavy atom. The molecule has 1 aliphatic heterocycles. The van der Waals surface area contributed by atoms with Crippen LogP contribution in [0.1, 0.15) is 17.8 Å². The first-order chi connectivity index (χ1) is 8.42. The summed E-state index contributed by atoms with van der Waals surface area (Å²) in [5.74, 6) is 0. The van der Waals surface area contributed by atoms with Gasteiger partial charge in [0.05, 0.1) is 19.8 Å². The van der Waals surface area contributed by atoms with Gasteiger partial charge in [-0.25, -0.2) is 4.98 Å². The lowest BCUT2D eigenvalue weighted by Crippen LogP contribution is -2.50. The molecular weight excluding hydrogens is 234 g/mol. The van der Waals surface area contributed by atoms with E-state index in [9.17, 15) is 0 Å². The Bertz CT molecular complexity index is 340. The van der Waals surface area contributed by atoms with Crippen LogP contribution in [0, 0.1) is 0 Å². The third-order valence-corrected chi connectivity index (χ3v) is 4.16. The Morgan fingerprint density at radius 2 is 2.47 bits per heavy atom. The molecule has 0 aromatic carbocycles. The van der Waals surface area contributed by atoms with Gasteiger partial charge in [0.15, 0.2) is 0 Å². The third-order valence-electron chi connectivity index (χ3n) is 3.39. The molecule has 1 atom stereocenters. The molecule has 0 bridgehead atoms. The van der Waals surface area contributed by atoms with Crippen LogP contribution in [0.15, 0.2) is 11.6 Å². The summed E-state index contributed by atoms with van der Waals surface area (Å²) in [6.45, 7) is 4.75. The number of hydrogen-bond donors (Lipinski definition) is 1. The van der Waals surface area contributed by atoms with E-state index in [0.717, 1.165) is 38.9 Å². The number of aromatic nitrogens is 1. The van der Waals surface area contributed by atoms with Crippen molar-refractivity contribution in [2.45, 2.75) is 31.5 Å². The van der Waals surface area contributed by atoms with E-state index in [1.54, 1.807) is 11.3 Å². The maximum absolute atomic E-state index is 5.59. The molecule has 2 heterocycles. The fourth-order valence-electron chi connectivity index (χ4n) is 2.18. The first-order valence-corrected chi connectivity index (χ1v) is 7.23. The van der Waals surface area contributed by atoms with Crippen molar-refractivity contribution in [2.24, 2.45) is 0 Å². The molecule has 3 rings (SSSR count). The topological polar surface area (TPSA) is 37.4 Å². The minimum absolute atomic E-state index is 0.508. The lowest BCUT2D eigenvalue weighted by molar-refractivity contribution is -0.0110. The van der Waals surface area contributed by atoms with Gasteiger partial charge in [0.1, 0.15) is 5.01 Å². The highest BCUT2D eigenvalue weighted by atomic mass is 32.1. The van der Waals surface area contributed by atoms with E-state index in [0.29, 0.717) is 6.04 Å². The predicted octanol–water partition coefficient (Wildman–Crippen LogP) is 1.10. The Balaban J connectivity index is 1.54. The molecule has 1 aliphatic carbocycles. The highest BCUT2D eigenvalue weighted by Crippen LogP contribution is 2.19. The molecule has 94 valence electrons. The molecule has 1 aromatic rings. The van der Waals surface area contributed by atoms with Crippen LogP contribution in [0.25, 0.3) is 0 Å². The number of hydrogen-bond acceptors (Lipinski definition) is 5. The second-order valence-corrected chi connectivity index (χ2v) is 5.79. The molecule has 0 radical (unpaired) electrons. The zero-order chi connectivity index (χ0) is 11.5. The maximum atomic E-state index is 5.59. The average molecular weight is 253 g/mol. The van der Waals surface area contributed by atoms with Crippen LogP contribution in [-0.4, -0.2) is 48.3 Å². The Hall–Kier alpha value is -0.490. The summed E-state index contributed by atoms with van der Waals surface area (Å²) < 4.78 is 5.59. The average Bonchev–Trinajstić information content (AvgIpc) is 3.05. The van der Waals surface area contributed by atoms with Gasteiger partial charge in [-0.05, 0) is 12.8 Å². The molecule has 1 saturated heterocycles. The zero-order valence-electron chi connectivity index (χ0n) is 9.97. The van der Waals surface area contributed by atoms with Crippen molar-refractivity contribution in [2.75, 3.05) is 26.3 Å². The highest BCUT2D eigenvalue weighted by Gasteiger charge is 2.27. The van der Waals surface area contributed by atoms with Gasteiger partial charge < -0.3 is 10.1 Å². The summed E-state index contributed by atoms with van der Waals surface area (Å²) in [6.07, 6.45) is 4.58. The second-order valence-electron chi connectivity index (χ2n) is 4.81. The normalized spacial score (nSPS) is 26.2. The minimum atomic E-state index is 0.508. The first-order valence-electron chi connectivity index (χ1n) is 6.35. The summed E-state index contributed by atoms with van der Waals surface area (Å²) in [5, 5.41) is 6.86. The maximum Gasteiger partial charge on any atom is 0.107 e. The summed E-state index contributed by atoms with van der Waals surface area (Å²) in [4.78, 5) is 6.87. The fraction of sp³-hybridized carbons (Fsp3) is 0.750. The van der Waals surface area contributed by atoms with Crippen molar-refractivity contribution in [1.82, 2.24) is 15.2 Å². The van der Waals surface area contributed by atoms with E-state index < -0.39 is 0 Å². The van der Waals surface area contributed by atoms with E-state index in [4.69, 9.17) is 4.74 Å². The summed E-state index contributed by atoms with van der Waals surface area (Å²) in [7, 11) is 0. The van der Waals surface area contributed by atoms with E-state index in [-0.39, 0.29) is 0 Å². The highest BCUT2D eigenvalue weighted by molar-refractivity contribution is 7.09. The first kappa shape index (κ1) is 11.6. The number of thiazole rings is 1. The Morgan fingerprint density at radius 3 is 3.24 bits per heavy atom. The Kier molecular flexibility index (Phi) is 3.71. The third kappa shape index (κ3) is 3.25. The summed E-state index contributed by atoms with van der Waals surface area (Å²) >= 11 is 1.74. The van der Waals surface area contributed by atoms with Crippen molar-refractivity contribution in [3.63, 3.8) is 0 Å². The molecular formula is C12H19N3OS. The van der Waals surface area contributed by atoms with Crippen molar-refractivity contribution >= 4 is 11.3 Å². The molecule has 1 unspecified atom stereocenters. The molecule has 0 amide bonds. The molecule has 4 nitrogen and oxygen atoms in total. The second kappa shape index (κ2) is 5.44. The van der Waals surface area contributed by atoms with Crippen LogP contribution in [0.2, 0.25) is 0 Å². The van der Waals surface area contributed by atoms with E-state index in [1.807, 2.05) is 11.6 Å². The number of nitrogens with zero attached hydrogens (tertiary/aromatic N) is 2. The monoisotopic (exact) mass is 253 g/mol. The lowest BCUT2D eigenvalue weighted by atomic mass is 10.2. The number of rotatable bonds is 5. The van der Waals surface area contributed by atoms with Crippen LogP contribution in [-0.2, 0) is 11.3 Å². The van der Waals surface area contributed by atoms with Crippen LogP contribution >= 0.6 is 11.3 Å². The van der Waals surface area contributed by atoms with Gasteiger partial charge in [-0.2, -0.15) is 0 Å². The molecule has 1 saturated carbocycles. The smallest absolute Gasteiger partial charge is 0.107 e. The largest absolute Gasteiger partial charge is 0.378 e. The minimum Gasteiger partial charge on any atom is -0.378 e. The van der Waals surface area contributed by atoms with Crippen LogP contribution in [0.4, 0.5) is 0 Å². The van der Waals surface area contributed by atoms with Gasteiger partial charge in [-0.1, -0.05) is 0 Å². The predicted molar refractivity (Wildman–Crippen MR) is 68.2 cm³/mol. The molecule has 5 heteroatoms. The molecule has 1 N–H and O–H groups in total. The number of ether oxygens (including phenoxy) is 1. The molecule has 17 heavy (non-hydrogen) atoms. The molecule has 2 fully saturated rings. The number of morpholine rings is 1. The fourth-order valence-corrected chi connectivity index (χ4v) is 2.82. The van der Waals surface area contributed by atoms with Gasteiger partial charge in [0, 0.05) is 36.8 Å². The van der Waals surface area contributed by atoms with Crippen LogP contribution in [0.5, 0.6) is 0 Å². The van der Waals surface area contributed by atoms with Crippen molar-refractivity contribution in [3.8, 4) is 0 Å².